The second-order valence-electron chi connectivity index (χ2n) is 5.49. The van der Waals surface area contributed by atoms with Crippen LogP contribution in [0.3, 0.4) is 0 Å². The van der Waals surface area contributed by atoms with Crippen LogP contribution in [-0.4, -0.2) is 29.8 Å². The number of unbranched alkanes of at least 4 members (excludes halogenated alkanes) is 7. The molecule has 0 aliphatic carbocycles. The highest BCUT2D eigenvalue weighted by atomic mass is 31.2. The molecule has 5 heteroatoms. The van der Waals surface area contributed by atoms with Crippen LogP contribution in [0.1, 0.15) is 64.7 Å². The number of carbonyl (C=O) groups is 1. The molecule has 0 spiro atoms. The lowest BCUT2D eigenvalue weighted by atomic mass is 10.1. The Hall–Kier alpha value is -0.600. The molecule has 0 aliphatic rings. The molecule has 0 radical (unpaired) electrons. The molecule has 1 atom stereocenters. The molecule has 21 heavy (non-hydrogen) atoms. The maximum atomic E-state index is 11.9. The maximum Gasteiger partial charge on any atom is 0.330 e. The summed E-state index contributed by atoms with van der Waals surface area (Å²) in [6, 6.07) is 0. The van der Waals surface area contributed by atoms with Crippen LogP contribution in [0.5, 0.6) is 0 Å². The topological polar surface area (TPSA) is 63.6 Å². The smallest absolute Gasteiger partial charge is 0.330 e. The standard InChI is InChI=1S/C16H31O4P/c1-3-5-6-7-8-9-10-11-14-21(18,19)15-12-13-20-16(17)4-2/h4H,2-3,5-15H2,1H3,(H,18,19). The molecule has 4 nitrogen and oxygen atoms in total. The van der Waals surface area contributed by atoms with Gasteiger partial charge < -0.3 is 9.63 Å². The molecule has 0 saturated carbocycles. The van der Waals surface area contributed by atoms with Crippen LogP contribution in [0.2, 0.25) is 0 Å². The maximum absolute atomic E-state index is 11.9. The molecule has 0 aliphatic heterocycles. The summed E-state index contributed by atoms with van der Waals surface area (Å²) in [5, 5.41) is 0. The summed E-state index contributed by atoms with van der Waals surface area (Å²) < 4.78 is 16.7. The van der Waals surface area contributed by atoms with Gasteiger partial charge in [0, 0.05) is 18.4 Å². The number of carbonyl (C=O) groups excluding carboxylic acids is 1. The zero-order valence-electron chi connectivity index (χ0n) is 13.4. The van der Waals surface area contributed by atoms with E-state index in [4.69, 9.17) is 4.74 Å². The third-order valence-corrected chi connectivity index (χ3v) is 5.45. The van der Waals surface area contributed by atoms with Gasteiger partial charge >= 0.3 is 5.97 Å². The zero-order valence-corrected chi connectivity index (χ0v) is 14.3. The highest BCUT2D eigenvalue weighted by molar-refractivity contribution is 7.57. The lowest BCUT2D eigenvalue weighted by Gasteiger charge is -2.11. The molecule has 0 aromatic rings. The van der Waals surface area contributed by atoms with Crippen molar-refractivity contribution in [3.8, 4) is 0 Å². The predicted molar refractivity (Wildman–Crippen MR) is 87.9 cm³/mol. The fourth-order valence-electron chi connectivity index (χ4n) is 2.15. The van der Waals surface area contributed by atoms with Crippen molar-refractivity contribution in [3.05, 3.63) is 12.7 Å². The molecule has 0 fully saturated rings. The number of hydrogen-bond donors (Lipinski definition) is 1. The molecular formula is C16H31O4P. The highest BCUT2D eigenvalue weighted by Gasteiger charge is 2.17. The van der Waals surface area contributed by atoms with Gasteiger partial charge in [-0.3, -0.25) is 4.57 Å². The van der Waals surface area contributed by atoms with E-state index in [1.165, 1.54) is 32.1 Å². The van der Waals surface area contributed by atoms with Gasteiger partial charge in [0.1, 0.15) is 0 Å². The van der Waals surface area contributed by atoms with Crippen molar-refractivity contribution in [2.24, 2.45) is 0 Å². The largest absolute Gasteiger partial charge is 0.463 e. The van der Waals surface area contributed by atoms with E-state index >= 15 is 0 Å². The van der Waals surface area contributed by atoms with Crippen molar-refractivity contribution >= 4 is 13.3 Å². The van der Waals surface area contributed by atoms with E-state index in [1.54, 1.807) is 0 Å². The van der Waals surface area contributed by atoms with E-state index in [0.29, 0.717) is 12.6 Å². The minimum absolute atomic E-state index is 0.187. The Bertz CT molecular complexity index is 328. The van der Waals surface area contributed by atoms with Crippen molar-refractivity contribution < 1.29 is 19.0 Å². The summed E-state index contributed by atoms with van der Waals surface area (Å²) in [5.74, 6) is -0.481. The van der Waals surface area contributed by atoms with Gasteiger partial charge in [0.05, 0.1) is 6.61 Å². The van der Waals surface area contributed by atoms with E-state index in [0.717, 1.165) is 25.3 Å². The normalized spacial score (nSPS) is 13.6. The fraction of sp³-hybridized carbons (Fsp3) is 0.812. The van der Waals surface area contributed by atoms with Crippen LogP contribution < -0.4 is 0 Å². The summed E-state index contributed by atoms with van der Waals surface area (Å²) >= 11 is 0. The van der Waals surface area contributed by atoms with E-state index in [9.17, 15) is 14.3 Å². The predicted octanol–water partition coefficient (Wildman–Crippen LogP) is 4.52. The molecule has 0 rings (SSSR count). The van der Waals surface area contributed by atoms with Crippen molar-refractivity contribution in [2.45, 2.75) is 64.7 Å². The number of ether oxygens (including phenoxy) is 1. The third kappa shape index (κ3) is 14.1. The summed E-state index contributed by atoms with van der Waals surface area (Å²) in [7, 11) is -3.04. The minimum Gasteiger partial charge on any atom is -0.463 e. The average Bonchev–Trinajstić information content (AvgIpc) is 2.46. The molecule has 0 saturated heterocycles. The van der Waals surface area contributed by atoms with E-state index in [1.807, 2.05) is 0 Å². The molecule has 0 bridgehead atoms. The first-order valence-electron chi connectivity index (χ1n) is 8.12. The summed E-state index contributed by atoms with van der Waals surface area (Å²) in [5.41, 5.74) is 0. The van der Waals surface area contributed by atoms with Crippen molar-refractivity contribution in [1.29, 1.82) is 0 Å². The summed E-state index contributed by atoms with van der Waals surface area (Å²) in [6.07, 6.45) is 11.5. The van der Waals surface area contributed by atoms with Gasteiger partial charge in [0.15, 0.2) is 0 Å². The Balaban J connectivity index is 3.48. The Kier molecular flexibility index (Phi) is 12.7. The average molecular weight is 318 g/mol. The summed E-state index contributed by atoms with van der Waals surface area (Å²) in [4.78, 5) is 20.6. The van der Waals surface area contributed by atoms with Crippen LogP contribution in [0.4, 0.5) is 0 Å². The van der Waals surface area contributed by atoms with Gasteiger partial charge in [-0.05, 0) is 12.8 Å². The van der Waals surface area contributed by atoms with Crippen molar-refractivity contribution in [2.75, 3.05) is 18.9 Å². The van der Waals surface area contributed by atoms with Crippen molar-refractivity contribution in [1.82, 2.24) is 0 Å². The van der Waals surface area contributed by atoms with Gasteiger partial charge in [-0.2, -0.15) is 0 Å². The Labute approximate surface area is 129 Å². The molecule has 1 unspecified atom stereocenters. The van der Waals surface area contributed by atoms with Gasteiger partial charge in [-0.15, -0.1) is 0 Å². The van der Waals surface area contributed by atoms with Gasteiger partial charge in [-0.1, -0.05) is 58.4 Å². The first kappa shape index (κ1) is 20.4. The Morgan fingerprint density at radius 1 is 1.05 bits per heavy atom. The number of rotatable bonds is 14. The first-order valence-corrected chi connectivity index (χ1v) is 10.1. The SMILES string of the molecule is C=CC(=O)OCCCP(=O)(O)CCCCCCCCCC. The molecular weight excluding hydrogens is 287 g/mol. The van der Waals surface area contributed by atoms with Crippen LogP contribution in [0.15, 0.2) is 12.7 Å². The number of hydrogen-bond acceptors (Lipinski definition) is 3. The molecule has 0 aromatic carbocycles. The van der Waals surface area contributed by atoms with Gasteiger partial charge in [-0.25, -0.2) is 4.79 Å². The zero-order chi connectivity index (χ0) is 16.0. The van der Waals surface area contributed by atoms with Gasteiger partial charge in [0.2, 0.25) is 7.37 Å². The lowest BCUT2D eigenvalue weighted by Crippen LogP contribution is -2.04. The second kappa shape index (κ2) is 13.1. The van der Waals surface area contributed by atoms with Crippen LogP contribution >= 0.6 is 7.37 Å². The molecule has 0 amide bonds. The molecule has 0 heterocycles. The quantitative estimate of drug-likeness (QED) is 0.221. The number of esters is 1. The summed E-state index contributed by atoms with van der Waals surface area (Å²) in [6.45, 7) is 5.68. The van der Waals surface area contributed by atoms with Crippen LogP contribution in [0.25, 0.3) is 0 Å². The monoisotopic (exact) mass is 318 g/mol. The fourth-order valence-corrected chi connectivity index (χ4v) is 3.71. The van der Waals surface area contributed by atoms with Gasteiger partial charge in [0.25, 0.3) is 0 Å². The molecule has 124 valence electrons. The Morgan fingerprint density at radius 2 is 1.57 bits per heavy atom. The second-order valence-corrected chi connectivity index (χ2v) is 8.08. The molecule has 1 N–H and O–H groups in total. The van der Waals surface area contributed by atoms with E-state index < -0.39 is 13.3 Å². The lowest BCUT2D eigenvalue weighted by molar-refractivity contribution is -0.137. The Morgan fingerprint density at radius 3 is 2.14 bits per heavy atom. The first-order chi connectivity index (χ1) is 10.0. The van der Waals surface area contributed by atoms with E-state index in [-0.39, 0.29) is 12.8 Å². The van der Waals surface area contributed by atoms with Crippen molar-refractivity contribution in [3.63, 3.8) is 0 Å². The van der Waals surface area contributed by atoms with E-state index in [2.05, 4.69) is 13.5 Å². The van der Waals surface area contributed by atoms with Crippen LogP contribution in [-0.2, 0) is 14.1 Å². The molecule has 0 aromatic heterocycles. The minimum atomic E-state index is -3.04. The third-order valence-electron chi connectivity index (χ3n) is 3.42. The highest BCUT2D eigenvalue weighted by Crippen LogP contribution is 2.42. The van der Waals surface area contributed by atoms with Crippen LogP contribution in [0, 0.1) is 0 Å².